The van der Waals surface area contributed by atoms with Gasteiger partial charge in [-0.25, -0.2) is 4.99 Å². The van der Waals surface area contributed by atoms with E-state index in [1.165, 1.54) is 16.7 Å². The van der Waals surface area contributed by atoms with Crippen LogP contribution >= 0.6 is 24.0 Å². The molecule has 4 rings (SSSR count). The maximum absolute atomic E-state index is 12.1. The second-order valence-corrected chi connectivity index (χ2v) is 8.61. The summed E-state index contributed by atoms with van der Waals surface area (Å²) in [5.74, 6) is 1.25. The van der Waals surface area contributed by atoms with E-state index >= 15 is 0 Å². The number of piperazine rings is 1. The number of carbonyl (C=O) groups is 1. The number of nitrogens with zero attached hydrogens (tertiary/aromatic N) is 4. The van der Waals surface area contributed by atoms with Crippen LogP contribution in [0.2, 0.25) is 0 Å². The lowest BCUT2D eigenvalue weighted by Crippen LogP contribution is -2.52. The topological polar surface area (TPSA) is 51.2 Å². The van der Waals surface area contributed by atoms with Crippen molar-refractivity contribution in [3.05, 3.63) is 71.3 Å². The molecule has 2 aromatic carbocycles. The minimum atomic E-state index is 0. The van der Waals surface area contributed by atoms with E-state index < -0.39 is 0 Å². The molecule has 2 aliphatic heterocycles. The number of carbonyl (C=O) groups excluding carboxylic acids is 1. The van der Waals surface area contributed by atoms with Crippen molar-refractivity contribution >= 4 is 35.8 Å². The third-order valence-electron chi connectivity index (χ3n) is 6.31. The highest BCUT2D eigenvalue weighted by molar-refractivity contribution is 14.0. The summed E-state index contributed by atoms with van der Waals surface area (Å²) in [6.45, 7) is 10.2. The summed E-state index contributed by atoms with van der Waals surface area (Å²) in [4.78, 5) is 23.9. The van der Waals surface area contributed by atoms with Gasteiger partial charge in [0.25, 0.3) is 0 Å². The molecule has 0 radical (unpaired) electrons. The molecule has 2 fully saturated rings. The molecule has 0 atom stereocenters. The molecule has 0 saturated carbocycles. The van der Waals surface area contributed by atoms with Gasteiger partial charge in [-0.3, -0.25) is 9.69 Å². The van der Waals surface area contributed by atoms with E-state index in [4.69, 9.17) is 4.99 Å². The summed E-state index contributed by atoms with van der Waals surface area (Å²) < 4.78 is 0. The van der Waals surface area contributed by atoms with E-state index in [0.717, 1.165) is 58.2 Å². The molecule has 0 aromatic heterocycles. The van der Waals surface area contributed by atoms with Crippen LogP contribution in [0.15, 0.2) is 59.6 Å². The highest BCUT2D eigenvalue weighted by atomic mass is 127. The van der Waals surface area contributed by atoms with E-state index in [2.05, 4.69) is 76.6 Å². The minimum absolute atomic E-state index is 0. The molecule has 178 valence electrons. The lowest BCUT2D eigenvalue weighted by molar-refractivity contribution is -0.128. The van der Waals surface area contributed by atoms with E-state index in [0.29, 0.717) is 19.5 Å². The second kappa shape index (κ2) is 12.9. The summed E-state index contributed by atoms with van der Waals surface area (Å²) in [6, 6.07) is 19.1. The van der Waals surface area contributed by atoms with Gasteiger partial charge in [-0.1, -0.05) is 54.6 Å². The van der Waals surface area contributed by atoms with Gasteiger partial charge in [0, 0.05) is 58.8 Å². The number of guanidine groups is 1. The molecule has 2 aliphatic rings. The molecule has 0 aliphatic carbocycles. The lowest BCUT2D eigenvalue weighted by Gasteiger charge is -2.36. The Morgan fingerprint density at radius 3 is 2.27 bits per heavy atom. The third kappa shape index (κ3) is 7.17. The molecular weight excluding hydrogens is 525 g/mol. The van der Waals surface area contributed by atoms with Crippen molar-refractivity contribution in [2.45, 2.75) is 39.4 Å². The van der Waals surface area contributed by atoms with Gasteiger partial charge in [-0.15, -0.1) is 24.0 Å². The molecule has 2 heterocycles. The molecule has 7 heteroatoms. The Balaban J connectivity index is 0.00000306. The Bertz CT molecular complexity index is 912. The molecule has 6 nitrogen and oxygen atoms in total. The van der Waals surface area contributed by atoms with Crippen LogP contribution in [0.3, 0.4) is 0 Å². The zero-order chi connectivity index (χ0) is 22.2. The van der Waals surface area contributed by atoms with Crippen LogP contribution in [0.1, 0.15) is 36.5 Å². The van der Waals surface area contributed by atoms with Crippen molar-refractivity contribution in [1.82, 2.24) is 20.0 Å². The van der Waals surface area contributed by atoms with Gasteiger partial charge in [0.05, 0.1) is 6.54 Å². The van der Waals surface area contributed by atoms with E-state index in [1.54, 1.807) is 0 Å². The number of nitrogens with one attached hydrogen (secondary N) is 1. The second-order valence-electron chi connectivity index (χ2n) is 8.61. The quantitative estimate of drug-likeness (QED) is 0.318. The van der Waals surface area contributed by atoms with Crippen LogP contribution in [-0.2, 0) is 24.4 Å². The molecule has 0 spiro atoms. The number of benzene rings is 2. The van der Waals surface area contributed by atoms with Crippen LogP contribution in [-0.4, -0.2) is 65.8 Å². The predicted molar refractivity (Wildman–Crippen MR) is 145 cm³/mol. The number of aliphatic imine (C=N–C) groups is 1. The molecule has 0 bridgehead atoms. The first-order valence-electron chi connectivity index (χ1n) is 11.9. The van der Waals surface area contributed by atoms with Crippen molar-refractivity contribution in [3.8, 4) is 0 Å². The number of hydrogen-bond acceptors (Lipinski definition) is 3. The fourth-order valence-corrected chi connectivity index (χ4v) is 4.49. The van der Waals surface area contributed by atoms with Crippen molar-refractivity contribution < 1.29 is 4.79 Å². The van der Waals surface area contributed by atoms with Gasteiger partial charge in [-0.2, -0.15) is 0 Å². The van der Waals surface area contributed by atoms with E-state index in [1.807, 2.05) is 4.90 Å². The Morgan fingerprint density at radius 2 is 1.61 bits per heavy atom. The fourth-order valence-electron chi connectivity index (χ4n) is 4.49. The van der Waals surface area contributed by atoms with Gasteiger partial charge in [-0.05, 0) is 30.0 Å². The number of amides is 1. The maximum Gasteiger partial charge on any atom is 0.222 e. The summed E-state index contributed by atoms with van der Waals surface area (Å²) in [5.41, 5.74) is 3.77. The molecular formula is C26H36IN5O. The Hall–Kier alpha value is -2.13. The van der Waals surface area contributed by atoms with Crippen LogP contribution < -0.4 is 5.32 Å². The normalized spacial score (nSPS) is 17.2. The largest absolute Gasteiger partial charge is 0.357 e. The minimum Gasteiger partial charge on any atom is -0.357 e. The van der Waals surface area contributed by atoms with Gasteiger partial charge >= 0.3 is 0 Å². The molecule has 1 N–H and O–H groups in total. The first-order valence-corrected chi connectivity index (χ1v) is 11.9. The zero-order valence-electron chi connectivity index (χ0n) is 19.6. The predicted octanol–water partition coefficient (Wildman–Crippen LogP) is 3.71. The number of rotatable bonds is 7. The number of hydrogen-bond donors (Lipinski definition) is 1. The van der Waals surface area contributed by atoms with Crippen molar-refractivity contribution in [1.29, 1.82) is 0 Å². The SMILES string of the molecule is CCNC(=NCc1ccccc1CN1CCCC1=O)N1CCN(Cc2ccccc2)CC1.I. The van der Waals surface area contributed by atoms with Crippen molar-refractivity contribution in [3.63, 3.8) is 0 Å². The molecule has 1 amide bonds. The van der Waals surface area contributed by atoms with Crippen LogP contribution in [0, 0.1) is 0 Å². The average molecular weight is 562 g/mol. The van der Waals surface area contributed by atoms with Crippen LogP contribution in [0.4, 0.5) is 0 Å². The van der Waals surface area contributed by atoms with Crippen molar-refractivity contribution in [2.24, 2.45) is 4.99 Å². The maximum atomic E-state index is 12.1. The molecule has 33 heavy (non-hydrogen) atoms. The Labute approximate surface area is 215 Å². The number of likely N-dealkylation sites (tertiary alicyclic amines) is 1. The van der Waals surface area contributed by atoms with Crippen molar-refractivity contribution in [2.75, 3.05) is 39.3 Å². The highest BCUT2D eigenvalue weighted by Gasteiger charge is 2.22. The summed E-state index contributed by atoms with van der Waals surface area (Å²) in [7, 11) is 0. The molecule has 2 saturated heterocycles. The fraction of sp³-hybridized carbons (Fsp3) is 0.462. The summed E-state index contributed by atoms with van der Waals surface area (Å²) in [6.07, 6.45) is 1.65. The van der Waals surface area contributed by atoms with E-state index in [-0.39, 0.29) is 29.9 Å². The van der Waals surface area contributed by atoms with Gasteiger partial charge in [0.1, 0.15) is 0 Å². The van der Waals surface area contributed by atoms with Crippen LogP contribution in [0.25, 0.3) is 0 Å². The highest BCUT2D eigenvalue weighted by Crippen LogP contribution is 2.18. The average Bonchev–Trinajstić information content (AvgIpc) is 3.23. The smallest absolute Gasteiger partial charge is 0.222 e. The Morgan fingerprint density at radius 1 is 0.909 bits per heavy atom. The number of halogens is 1. The first kappa shape index (κ1) is 25.5. The third-order valence-corrected chi connectivity index (χ3v) is 6.31. The van der Waals surface area contributed by atoms with E-state index in [9.17, 15) is 4.79 Å². The molecule has 2 aromatic rings. The lowest BCUT2D eigenvalue weighted by atomic mass is 10.1. The first-order chi connectivity index (χ1) is 15.7. The monoisotopic (exact) mass is 561 g/mol. The van der Waals surface area contributed by atoms with Gasteiger partial charge in [0.2, 0.25) is 5.91 Å². The van der Waals surface area contributed by atoms with Crippen LogP contribution in [0.5, 0.6) is 0 Å². The van der Waals surface area contributed by atoms with Gasteiger partial charge < -0.3 is 15.1 Å². The molecule has 0 unspecified atom stereocenters. The standard InChI is InChI=1S/C26H35N5O.HI/c1-2-27-26(30-17-15-29(16-18-30)20-22-9-4-3-5-10-22)28-19-23-11-6-7-12-24(23)21-31-14-8-13-25(31)32;/h3-7,9-12H,2,8,13-21H2,1H3,(H,27,28);1H. The summed E-state index contributed by atoms with van der Waals surface area (Å²) in [5, 5.41) is 3.48. The summed E-state index contributed by atoms with van der Waals surface area (Å²) >= 11 is 0. The zero-order valence-corrected chi connectivity index (χ0v) is 21.9. The van der Waals surface area contributed by atoms with Gasteiger partial charge in [0.15, 0.2) is 5.96 Å². The Kier molecular flexibility index (Phi) is 9.99.